The predicted octanol–water partition coefficient (Wildman–Crippen LogP) is -0.681. The van der Waals surface area contributed by atoms with E-state index in [2.05, 4.69) is 16.5 Å². The molecule has 1 atom stereocenters. The molecule has 8 heteroatoms. The summed E-state index contributed by atoms with van der Waals surface area (Å²) < 4.78 is 6.73. The number of nitrogens with one attached hydrogen (secondary N) is 1. The van der Waals surface area contributed by atoms with Gasteiger partial charge in [-0.25, -0.2) is 0 Å². The van der Waals surface area contributed by atoms with E-state index in [9.17, 15) is 14.7 Å². The molecule has 121 valence electrons. The number of nitrogens with two attached hydrogens (primary N) is 1. The summed E-state index contributed by atoms with van der Waals surface area (Å²) >= 11 is 0. The molecule has 1 aromatic heterocycles. The van der Waals surface area contributed by atoms with Crippen LogP contribution in [-0.2, 0) is 11.3 Å². The number of aliphatic hydroxyl groups is 1. The Labute approximate surface area is 128 Å². The van der Waals surface area contributed by atoms with Crippen LogP contribution in [0.2, 0.25) is 0 Å². The van der Waals surface area contributed by atoms with Crippen LogP contribution in [0.4, 0.5) is 0 Å². The Kier molecular flexibility index (Phi) is 4.82. The van der Waals surface area contributed by atoms with Gasteiger partial charge in [-0.05, 0) is 20.3 Å². The molecule has 4 N–H and O–H groups in total. The maximum absolute atomic E-state index is 12.2. The lowest BCUT2D eigenvalue weighted by Gasteiger charge is -2.18. The molecule has 1 aliphatic heterocycles. The Bertz CT molecular complexity index is 556. The topological polar surface area (TPSA) is 119 Å². The van der Waals surface area contributed by atoms with Crippen LogP contribution in [0.15, 0.2) is 0 Å². The average molecular weight is 309 g/mol. The fourth-order valence-corrected chi connectivity index (χ4v) is 2.14. The molecule has 1 unspecified atom stereocenters. The van der Waals surface area contributed by atoms with Crippen molar-refractivity contribution in [1.29, 1.82) is 0 Å². The molecule has 1 fully saturated rings. The van der Waals surface area contributed by atoms with Crippen molar-refractivity contribution >= 4 is 11.8 Å². The summed E-state index contributed by atoms with van der Waals surface area (Å²) in [6, 6.07) is 2.63. The molecular formula is C14H21N4O4. The highest BCUT2D eigenvalue weighted by molar-refractivity contribution is 5.96. The van der Waals surface area contributed by atoms with Gasteiger partial charge in [0, 0.05) is 25.6 Å². The molecule has 1 aromatic rings. The first-order valence-corrected chi connectivity index (χ1v) is 7.14. The van der Waals surface area contributed by atoms with Crippen LogP contribution in [0.5, 0.6) is 0 Å². The Morgan fingerprint density at radius 3 is 2.86 bits per heavy atom. The van der Waals surface area contributed by atoms with Gasteiger partial charge in [0.1, 0.15) is 5.69 Å². The van der Waals surface area contributed by atoms with Gasteiger partial charge >= 0.3 is 0 Å². The first kappa shape index (κ1) is 16.4. The highest BCUT2D eigenvalue weighted by Crippen LogP contribution is 2.16. The minimum absolute atomic E-state index is 0.0727. The highest BCUT2D eigenvalue weighted by Gasteiger charge is 2.24. The third-order valence-electron chi connectivity index (χ3n) is 3.30. The molecule has 8 nitrogen and oxygen atoms in total. The van der Waals surface area contributed by atoms with Crippen LogP contribution in [0.1, 0.15) is 41.2 Å². The van der Waals surface area contributed by atoms with E-state index >= 15 is 0 Å². The molecule has 0 aliphatic carbocycles. The summed E-state index contributed by atoms with van der Waals surface area (Å²) in [5.41, 5.74) is 4.22. The SMILES string of the molecule is CC(C)(O)CNC(=O)c1[c]c(C(N)=O)nn1CC1CCOC1. The summed E-state index contributed by atoms with van der Waals surface area (Å²) in [6.07, 6.45) is 0.872. The zero-order valence-electron chi connectivity index (χ0n) is 12.8. The molecule has 0 bridgehead atoms. The molecule has 0 aromatic carbocycles. The Morgan fingerprint density at radius 2 is 2.32 bits per heavy atom. The summed E-state index contributed by atoms with van der Waals surface area (Å²) in [6.45, 7) is 4.96. The number of nitrogens with zero attached hydrogens (tertiary/aromatic N) is 2. The van der Waals surface area contributed by atoms with Gasteiger partial charge < -0.3 is 20.9 Å². The van der Waals surface area contributed by atoms with Gasteiger partial charge in [-0.3, -0.25) is 14.3 Å². The van der Waals surface area contributed by atoms with Gasteiger partial charge in [0.2, 0.25) is 0 Å². The van der Waals surface area contributed by atoms with E-state index in [1.807, 2.05) is 0 Å². The molecule has 22 heavy (non-hydrogen) atoms. The smallest absolute Gasteiger partial charge is 0.270 e. The quantitative estimate of drug-likeness (QED) is 0.643. The van der Waals surface area contributed by atoms with Crippen molar-refractivity contribution in [3.05, 3.63) is 17.5 Å². The van der Waals surface area contributed by atoms with Crippen molar-refractivity contribution in [2.24, 2.45) is 11.7 Å². The number of carbonyl (C=O) groups excluding carboxylic acids is 2. The van der Waals surface area contributed by atoms with Gasteiger partial charge in [-0.1, -0.05) is 0 Å². The molecule has 1 radical (unpaired) electrons. The van der Waals surface area contributed by atoms with E-state index in [0.717, 1.165) is 6.42 Å². The second-order valence-corrected chi connectivity index (χ2v) is 6.09. The van der Waals surface area contributed by atoms with E-state index in [-0.39, 0.29) is 23.9 Å². The lowest BCUT2D eigenvalue weighted by atomic mass is 10.1. The van der Waals surface area contributed by atoms with E-state index in [4.69, 9.17) is 10.5 Å². The molecule has 0 spiro atoms. The maximum Gasteiger partial charge on any atom is 0.270 e. The summed E-state index contributed by atoms with van der Waals surface area (Å²) in [7, 11) is 0. The van der Waals surface area contributed by atoms with Crippen LogP contribution in [0.3, 0.4) is 0 Å². The van der Waals surface area contributed by atoms with Gasteiger partial charge in [-0.2, -0.15) is 5.10 Å². The zero-order valence-corrected chi connectivity index (χ0v) is 12.8. The van der Waals surface area contributed by atoms with Crippen LogP contribution < -0.4 is 11.1 Å². The lowest BCUT2D eigenvalue weighted by molar-refractivity contribution is 0.0688. The molecular weight excluding hydrogens is 288 g/mol. The Morgan fingerprint density at radius 1 is 1.59 bits per heavy atom. The number of carbonyl (C=O) groups is 2. The minimum atomic E-state index is -1.04. The molecule has 2 amide bonds. The van der Waals surface area contributed by atoms with Crippen molar-refractivity contribution in [3.63, 3.8) is 0 Å². The fourth-order valence-electron chi connectivity index (χ4n) is 2.14. The van der Waals surface area contributed by atoms with Crippen LogP contribution in [-0.4, -0.2) is 52.1 Å². The Balaban J connectivity index is 2.16. The number of primary amides is 1. The average Bonchev–Trinajstić information content (AvgIpc) is 3.05. The molecule has 2 heterocycles. The standard InChI is InChI=1S/C14H21N4O4/c1-14(2,21)8-16-13(20)11-5-10(12(15)19)17-18(11)6-9-3-4-22-7-9/h9,21H,3-4,6-8H2,1-2H3,(H2,15,19)(H,16,20). The first-order chi connectivity index (χ1) is 10.3. The Hall–Kier alpha value is -1.93. The van der Waals surface area contributed by atoms with E-state index in [1.54, 1.807) is 13.8 Å². The second kappa shape index (κ2) is 6.45. The third-order valence-corrected chi connectivity index (χ3v) is 3.30. The van der Waals surface area contributed by atoms with Gasteiger partial charge in [0.15, 0.2) is 5.69 Å². The third kappa shape index (κ3) is 4.28. The van der Waals surface area contributed by atoms with Crippen LogP contribution in [0.25, 0.3) is 0 Å². The zero-order chi connectivity index (χ0) is 16.3. The number of ether oxygens (including phenoxy) is 1. The van der Waals surface area contributed by atoms with Gasteiger partial charge in [0.05, 0.1) is 18.3 Å². The largest absolute Gasteiger partial charge is 0.389 e. The van der Waals surface area contributed by atoms with E-state index < -0.39 is 17.4 Å². The number of aromatic nitrogens is 2. The highest BCUT2D eigenvalue weighted by atomic mass is 16.5. The molecule has 1 saturated heterocycles. The fraction of sp³-hybridized carbons (Fsp3) is 0.643. The normalized spacial score (nSPS) is 18.4. The molecule has 0 saturated carbocycles. The van der Waals surface area contributed by atoms with Crippen molar-refractivity contribution in [3.8, 4) is 0 Å². The van der Waals surface area contributed by atoms with Gasteiger partial charge in [0.25, 0.3) is 11.8 Å². The first-order valence-electron chi connectivity index (χ1n) is 7.14. The van der Waals surface area contributed by atoms with Crippen LogP contribution >= 0.6 is 0 Å². The lowest BCUT2D eigenvalue weighted by Crippen LogP contribution is -2.39. The van der Waals surface area contributed by atoms with Crippen molar-refractivity contribution in [1.82, 2.24) is 15.1 Å². The summed E-state index contributed by atoms with van der Waals surface area (Å²) in [4.78, 5) is 23.5. The van der Waals surface area contributed by atoms with Crippen molar-refractivity contribution in [2.75, 3.05) is 19.8 Å². The molecule has 1 aliphatic rings. The van der Waals surface area contributed by atoms with E-state index in [0.29, 0.717) is 19.8 Å². The maximum atomic E-state index is 12.2. The minimum Gasteiger partial charge on any atom is -0.389 e. The van der Waals surface area contributed by atoms with Crippen molar-refractivity contribution in [2.45, 2.75) is 32.4 Å². The second-order valence-electron chi connectivity index (χ2n) is 6.09. The van der Waals surface area contributed by atoms with E-state index in [1.165, 1.54) is 4.68 Å². The number of amides is 2. The predicted molar refractivity (Wildman–Crippen MR) is 77.1 cm³/mol. The number of rotatable bonds is 6. The molecule has 2 rings (SSSR count). The monoisotopic (exact) mass is 309 g/mol. The number of hydrogen-bond donors (Lipinski definition) is 3. The summed E-state index contributed by atoms with van der Waals surface area (Å²) in [5, 5.41) is 16.3. The number of hydrogen-bond acceptors (Lipinski definition) is 5. The van der Waals surface area contributed by atoms with Crippen LogP contribution in [0, 0.1) is 12.0 Å². The van der Waals surface area contributed by atoms with Gasteiger partial charge in [-0.15, -0.1) is 0 Å². The summed E-state index contributed by atoms with van der Waals surface area (Å²) in [5.74, 6) is -0.964. The van der Waals surface area contributed by atoms with Crippen molar-refractivity contribution < 1.29 is 19.4 Å².